The standard InChI is InChI=1S/C24H27NO6S/c1-27-18-4-6-21(28-2)17(13-18)3-5-20(26)19-14-24-23(31-16-32-24)15-22(19)30-12-9-25-7-10-29-11-8-25/h3-6,13-15H,7-12,16H2,1-2H3/b5-3+. The van der Waals surface area contributed by atoms with Gasteiger partial charge in [0.2, 0.25) is 0 Å². The summed E-state index contributed by atoms with van der Waals surface area (Å²) in [6, 6.07) is 9.13. The summed E-state index contributed by atoms with van der Waals surface area (Å²) in [6.07, 6.45) is 3.27. The Hall–Kier alpha value is -2.68. The molecular weight excluding hydrogens is 430 g/mol. The number of hydrogen-bond acceptors (Lipinski definition) is 8. The first kappa shape index (κ1) is 22.5. The molecule has 0 amide bonds. The van der Waals surface area contributed by atoms with E-state index in [9.17, 15) is 4.79 Å². The van der Waals surface area contributed by atoms with Gasteiger partial charge in [-0.2, -0.15) is 0 Å². The summed E-state index contributed by atoms with van der Waals surface area (Å²) in [5.41, 5.74) is 1.27. The molecule has 1 fully saturated rings. The number of morpholine rings is 1. The topological polar surface area (TPSA) is 66.5 Å². The number of carbonyl (C=O) groups is 1. The zero-order chi connectivity index (χ0) is 22.3. The number of rotatable bonds is 9. The van der Waals surface area contributed by atoms with Crippen molar-refractivity contribution in [3.63, 3.8) is 0 Å². The van der Waals surface area contributed by atoms with Crippen LogP contribution in [0.15, 0.2) is 41.3 Å². The minimum atomic E-state index is -0.147. The Balaban J connectivity index is 1.52. The molecule has 0 bridgehead atoms. The second kappa shape index (κ2) is 10.8. The fraction of sp³-hybridized carbons (Fsp3) is 0.375. The second-order valence-corrected chi connectivity index (χ2v) is 8.27. The summed E-state index contributed by atoms with van der Waals surface area (Å²) < 4.78 is 27.8. The lowest BCUT2D eigenvalue weighted by molar-refractivity contribution is 0.0322. The van der Waals surface area contributed by atoms with Gasteiger partial charge in [0.25, 0.3) is 0 Å². The van der Waals surface area contributed by atoms with Gasteiger partial charge in [-0.3, -0.25) is 9.69 Å². The highest BCUT2D eigenvalue weighted by Gasteiger charge is 2.21. The van der Waals surface area contributed by atoms with E-state index in [-0.39, 0.29) is 5.78 Å². The van der Waals surface area contributed by atoms with E-state index in [0.29, 0.717) is 35.4 Å². The van der Waals surface area contributed by atoms with E-state index in [1.807, 2.05) is 30.3 Å². The van der Waals surface area contributed by atoms with E-state index in [1.54, 1.807) is 32.1 Å². The predicted molar refractivity (Wildman–Crippen MR) is 123 cm³/mol. The lowest BCUT2D eigenvalue weighted by Crippen LogP contribution is -2.38. The van der Waals surface area contributed by atoms with Gasteiger partial charge < -0.3 is 23.7 Å². The molecule has 0 aliphatic carbocycles. The van der Waals surface area contributed by atoms with Crippen LogP contribution in [0.4, 0.5) is 0 Å². The van der Waals surface area contributed by atoms with E-state index >= 15 is 0 Å². The maximum atomic E-state index is 13.1. The van der Waals surface area contributed by atoms with Crippen LogP contribution in [0.2, 0.25) is 0 Å². The molecule has 0 aromatic heterocycles. The smallest absolute Gasteiger partial charge is 0.189 e. The van der Waals surface area contributed by atoms with Gasteiger partial charge in [-0.15, -0.1) is 0 Å². The molecular formula is C24H27NO6S. The molecule has 1 saturated heterocycles. The predicted octanol–water partition coefficient (Wildman–Crippen LogP) is 3.75. The number of hydrogen-bond donors (Lipinski definition) is 0. The fourth-order valence-corrected chi connectivity index (χ4v) is 4.34. The largest absolute Gasteiger partial charge is 0.497 e. The molecule has 2 aliphatic rings. The van der Waals surface area contributed by atoms with Crippen LogP contribution in [-0.2, 0) is 4.74 Å². The average molecular weight is 458 g/mol. The molecule has 4 rings (SSSR count). The molecule has 0 unspecified atom stereocenters. The first-order valence-electron chi connectivity index (χ1n) is 10.5. The molecule has 2 aromatic carbocycles. The van der Waals surface area contributed by atoms with Crippen LogP contribution in [0.25, 0.3) is 6.08 Å². The zero-order valence-corrected chi connectivity index (χ0v) is 19.1. The van der Waals surface area contributed by atoms with Crippen LogP contribution in [0.1, 0.15) is 15.9 Å². The Labute approximate surface area is 192 Å². The summed E-state index contributed by atoms with van der Waals surface area (Å²) in [5, 5.41) is 0. The van der Waals surface area contributed by atoms with Crippen LogP contribution >= 0.6 is 11.8 Å². The van der Waals surface area contributed by atoms with Gasteiger partial charge in [-0.05, 0) is 36.4 Å². The van der Waals surface area contributed by atoms with Gasteiger partial charge in [0.15, 0.2) is 5.78 Å². The molecule has 2 aliphatic heterocycles. The molecule has 8 heteroatoms. The van der Waals surface area contributed by atoms with Crippen molar-refractivity contribution >= 4 is 23.6 Å². The molecule has 2 aromatic rings. The first-order valence-corrected chi connectivity index (χ1v) is 11.5. The Morgan fingerprint density at radius 1 is 1.12 bits per heavy atom. The van der Waals surface area contributed by atoms with Gasteiger partial charge in [0.1, 0.15) is 35.5 Å². The van der Waals surface area contributed by atoms with Crippen molar-refractivity contribution in [1.82, 2.24) is 4.90 Å². The lowest BCUT2D eigenvalue weighted by Gasteiger charge is -2.26. The van der Waals surface area contributed by atoms with Crippen molar-refractivity contribution in [2.75, 3.05) is 59.6 Å². The lowest BCUT2D eigenvalue weighted by atomic mass is 10.1. The Bertz CT molecular complexity index is 987. The van der Waals surface area contributed by atoms with Gasteiger partial charge in [-0.25, -0.2) is 0 Å². The van der Waals surface area contributed by atoms with Crippen molar-refractivity contribution in [2.45, 2.75) is 4.90 Å². The number of nitrogens with zero attached hydrogens (tertiary/aromatic N) is 1. The number of allylic oxidation sites excluding steroid dienone is 1. The average Bonchev–Trinajstić information content (AvgIpc) is 3.30. The number of ketones is 1. The summed E-state index contributed by atoms with van der Waals surface area (Å²) in [6.45, 7) is 4.53. The number of benzene rings is 2. The summed E-state index contributed by atoms with van der Waals surface area (Å²) in [7, 11) is 3.20. The van der Waals surface area contributed by atoms with Gasteiger partial charge in [0, 0.05) is 31.3 Å². The van der Waals surface area contributed by atoms with Gasteiger partial charge in [0.05, 0.1) is 37.9 Å². The SMILES string of the molecule is COc1ccc(OC)c(/C=C/C(=O)c2cc3c(cc2OCCN2CCOCC2)OCS3)c1. The van der Waals surface area contributed by atoms with E-state index in [4.69, 9.17) is 23.7 Å². The molecule has 2 heterocycles. The molecule has 0 N–H and O–H groups in total. The third kappa shape index (κ3) is 5.38. The maximum Gasteiger partial charge on any atom is 0.189 e. The normalized spacial score (nSPS) is 15.9. The highest BCUT2D eigenvalue weighted by Crippen LogP contribution is 2.41. The van der Waals surface area contributed by atoms with Crippen molar-refractivity contribution in [2.24, 2.45) is 0 Å². The first-order chi connectivity index (χ1) is 15.7. The fourth-order valence-electron chi connectivity index (χ4n) is 3.57. The summed E-state index contributed by atoms with van der Waals surface area (Å²) in [5.74, 6) is 3.03. The molecule has 0 saturated carbocycles. The van der Waals surface area contributed by atoms with Crippen molar-refractivity contribution < 1.29 is 28.5 Å². The van der Waals surface area contributed by atoms with Crippen molar-refractivity contribution in [3.05, 3.63) is 47.5 Å². The Morgan fingerprint density at radius 3 is 2.75 bits per heavy atom. The number of ether oxygens (including phenoxy) is 5. The molecule has 32 heavy (non-hydrogen) atoms. The van der Waals surface area contributed by atoms with Gasteiger partial charge >= 0.3 is 0 Å². The van der Waals surface area contributed by atoms with Crippen LogP contribution in [-0.4, -0.2) is 70.3 Å². The van der Waals surface area contributed by atoms with Crippen LogP contribution in [0.3, 0.4) is 0 Å². The highest BCUT2D eigenvalue weighted by atomic mass is 32.2. The number of fused-ring (bicyclic) bond motifs is 1. The summed E-state index contributed by atoms with van der Waals surface area (Å²) in [4.78, 5) is 16.4. The zero-order valence-electron chi connectivity index (χ0n) is 18.3. The number of carbonyl (C=O) groups excluding carboxylic acids is 1. The molecule has 170 valence electrons. The summed E-state index contributed by atoms with van der Waals surface area (Å²) >= 11 is 1.57. The van der Waals surface area contributed by atoms with E-state index in [1.165, 1.54) is 6.08 Å². The minimum Gasteiger partial charge on any atom is -0.497 e. The Morgan fingerprint density at radius 2 is 1.97 bits per heavy atom. The molecule has 7 nitrogen and oxygen atoms in total. The van der Waals surface area contributed by atoms with E-state index in [2.05, 4.69) is 4.90 Å². The molecule has 0 atom stereocenters. The third-order valence-corrected chi connectivity index (χ3v) is 6.23. The van der Waals surface area contributed by atoms with Crippen LogP contribution in [0, 0.1) is 0 Å². The van der Waals surface area contributed by atoms with Crippen LogP contribution in [0.5, 0.6) is 23.0 Å². The monoisotopic (exact) mass is 457 g/mol. The highest BCUT2D eigenvalue weighted by molar-refractivity contribution is 7.99. The molecule has 0 radical (unpaired) electrons. The Kier molecular flexibility index (Phi) is 7.57. The number of methoxy groups -OCH3 is 2. The van der Waals surface area contributed by atoms with E-state index in [0.717, 1.165) is 49.1 Å². The van der Waals surface area contributed by atoms with Crippen molar-refractivity contribution in [1.29, 1.82) is 0 Å². The van der Waals surface area contributed by atoms with Gasteiger partial charge in [-0.1, -0.05) is 11.8 Å². The van der Waals surface area contributed by atoms with Crippen molar-refractivity contribution in [3.8, 4) is 23.0 Å². The minimum absolute atomic E-state index is 0.147. The quantitative estimate of drug-likeness (QED) is 0.417. The third-order valence-electron chi connectivity index (χ3n) is 5.36. The maximum absolute atomic E-state index is 13.1. The molecule has 0 spiro atoms. The second-order valence-electron chi connectivity index (χ2n) is 7.31. The van der Waals surface area contributed by atoms with Crippen LogP contribution < -0.4 is 18.9 Å². The van der Waals surface area contributed by atoms with E-state index < -0.39 is 0 Å². The number of thioether (sulfide) groups is 1.